The number of aliphatic hydroxyl groups excluding tert-OH is 1. The van der Waals surface area contributed by atoms with Gasteiger partial charge in [-0.1, -0.05) is 19.6 Å². The summed E-state index contributed by atoms with van der Waals surface area (Å²) in [5, 5.41) is 22.7. The number of carboxylic acid groups (broad SMARTS) is 1. The molecule has 0 aromatic carbocycles. The number of hydrogen-bond acceptors (Lipinski definition) is 7. The van der Waals surface area contributed by atoms with Gasteiger partial charge in [-0.2, -0.15) is 0 Å². The van der Waals surface area contributed by atoms with E-state index in [1.165, 1.54) is 13.2 Å². The second-order valence-corrected chi connectivity index (χ2v) is 11.1. The lowest BCUT2D eigenvalue weighted by atomic mass is 9.93. The minimum atomic E-state index is -1.18. The van der Waals surface area contributed by atoms with Gasteiger partial charge < -0.3 is 19.9 Å². The Morgan fingerprint density at radius 1 is 1.02 bits per heavy atom. The molecule has 1 aromatic heterocycles. The molecule has 222 valence electrons. The van der Waals surface area contributed by atoms with Gasteiger partial charge in [0.15, 0.2) is 0 Å². The zero-order valence-corrected chi connectivity index (χ0v) is 25.4. The van der Waals surface area contributed by atoms with Crippen LogP contribution >= 0.6 is 0 Å². The van der Waals surface area contributed by atoms with Crippen LogP contribution in [0, 0.1) is 12.8 Å². The number of aliphatic carboxylic acids is 1. The van der Waals surface area contributed by atoms with E-state index in [2.05, 4.69) is 25.4 Å². The molecule has 4 aliphatic heterocycles. The Hall–Kier alpha value is -5.31. The highest BCUT2D eigenvalue weighted by atomic mass is 16.5. The number of hydrogen-bond donors (Lipinski definition) is 3. The first-order valence-corrected chi connectivity index (χ1v) is 14.3. The average Bonchev–Trinajstić information content (AvgIpc) is 3.72. The fourth-order valence-electron chi connectivity index (χ4n) is 6.42. The number of methoxy groups -OCH3 is 1. The lowest BCUT2D eigenvalue weighted by Crippen LogP contribution is -2.20. The Balaban J connectivity index is 1.77. The molecule has 1 unspecified atom stereocenters. The van der Waals surface area contributed by atoms with E-state index in [0.717, 1.165) is 56.9 Å². The van der Waals surface area contributed by atoms with E-state index in [0.29, 0.717) is 50.7 Å². The number of aliphatic hydroxyl groups is 1. The zero-order chi connectivity index (χ0) is 31.6. The highest BCUT2D eigenvalue weighted by Gasteiger charge is 2.47. The van der Waals surface area contributed by atoms with Gasteiger partial charge in [0.25, 0.3) is 0 Å². The van der Waals surface area contributed by atoms with Crippen LogP contribution in [0.25, 0.3) is 18.2 Å². The summed E-state index contributed by atoms with van der Waals surface area (Å²) >= 11 is 0. The van der Waals surface area contributed by atoms with E-state index in [-0.39, 0.29) is 5.76 Å². The normalized spacial score (nSPS) is 20.7. The quantitative estimate of drug-likeness (QED) is 0.341. The number of carboxylic acids is 1. The number of aliphatic imine (C=N–C) groups is 3. The number of aromatic nitrogens is 1. The Labute approximate surface area is 254 Å². The average molecular weight is 589 g/mol. The lowest BCUT2D eigenvalue weighted by Gasteiger charge is -2.14. The minimum absolute atomic E-state index is 0.177. The van der Waals surface area contributed by atoms with Crippen LogP contribution in [0.4, 0.5) is 0 Å². The number of nitrogens with zero attached hydrogens (tertiary/aromatic N) is 3. The predicted molar refractivity (Wildman–Crippen MR) is 172 cm³/mol. The number of carbonyl (C=O) groups excluding carboxylic acids is 1. The second kappa shape index (κ2) is 10.4. The Morgan fingerprint density at radius 3 is 2.39 bits per heavy atom. The standard InChI is InChI=1S/C35H32N4O5/c1-8-19-15(3)22-12-24-17(5)21(10-11-28(40)41)32(38-24)30-31(35(43)44-7)34(42)29-18(6)25(39-33(29)30)14-27-20(9-2)16(4)23(37-27)13-26(19)36-22/h8,10-14,31,36,42H,1,9H2,2-7H3,(H,40,41)/b11-10+,22-12?,26-13?,27-14?,32-30?. The summed E-state index contributed by atoms with van der Waals surface area (Å²) in [6.45, 7) is 13.9. The highest BCUT2D eigenvalue weighted by molar-refractivity contribution is 6.28. The molecule has 44 heavy (non-hydrogen) atoms. The van der Waals surface area contributed by atoms with Gasteiger partial charge in [0.05, 0.1) is 41.3 Å². The summed E-state index contributed by atoms with van der Waals surface area (Å²) in [4.78, 5) is 43.2. The molecular weight excluding hydrogens is 556 g/mol. The fraction of sp³-hybridized carbons (Fsp3) is 0.229. The first-order chi connectivity index (χ1) is 21.0. The van der Waals surface area contributed by atoms with E-state index in [1.54, 1.807) is 6.08 Å². The monoisotopic (exact) mass is 588 g/mol. The molecule has 0 spiro atoms. The molecule has 8 bridgehead atoms. The van der Waals surface area contributed by atoms with E-state index < -0.39 is 17.9 Å². The summed E-state index contributed by atoms with van der Waals surface area (Å²) in [6, 6.07) is 0. The van der Waals surface area contributed by atoms with Crippen molar-refractivity contribution in [3.63, 3.8) is 0 Å². The van der Waals surface area contributed by atoms with Gasteiger partial charge in [-0.3, -0.25) is 4.79 Å². The van der Waals surface area contributed by atoms with Gasteiger partial charge >= 0.3 is 11.9 Å². The van der Waals surface area contributed by atoms with Crippen LogP contribution in [0.1, 0.15) is 45.2 Å². The Kier molecular flexibility index (Phi) is 6.84. The van der Waals surface area contributed by atoms with Crippen molar-refractivity contribution in [3.8, 4) is 0 Å². The van der Waals surface area contributed by atoms with E-state index >= 15 is 0 Å². The number of aromatic amines is 1. The topological polar surface area (TPSA) is 137 Å². The van der Waals surface area contributed by atoms with Crippen LogP contribution in [0.15, 0.2) is 102 Å². The van der Waals surface area contributed by atoms with Crippen molar-refractivity contribution in [2.24, 2.45) is 20.9 Å². The summed E-state index contributed by atoms with van der Waals surface area (Å²) in [5.74, 6) is -3.16. The predicted octanol–water partition coefficient (Wildman–Crippen LogP) is 4.62. The van der Waals surface area contributed by atoms with Gasteiger partial charge in [0.1, 0.15) is 11.7 Å². The van der Waals surface area contributed by atoms with Crippen LogP contribution in [-0.4, -0.2) is 51.4 Å². The number of H-pyrrole nitrogens is 1. The molecule has 9 nitrogen and oxygen atoms in total. The summed E-state index contributed by atoms with van der Waals surface area (Å²) < 4.78 is 5.12. The lowest BCUT2D eigenvalue weighted by molar-refractivity contribution is -0.143. The smallest absolute Gasteiger partial charge is 0.328 e. The number of carbonyl (C=O) groups is 2. The number of rotatable bonds is 5. The highest BCUT2D eigenvalue weighted by Crippen LogP contribution is 2.47. The van der Waals surface area contributed by atoms with E-state index in [4.69, 9.17) is 19.7 Å². The Morgan fingerprint density at radius 2 is 1.73 bits per heavy atom. The molecule has 1 aliphatic carbocycles. The molecule has 3 N–H and O–H groups in total. The van der Waals surface area contributed by atoms with Crippen LogP contribution in [-0.2, 0) is 14.3 Å². The molecule has 1 aromatic rings. The number of nitrogens with one attached hydrogen (secondary N) is 1. The maximum atomic E-state index is 13.2. The van der Waals surface area contributed by atoms with Crippen LogP contribution in [0.3, 0.4) is 0 Å². The number of fused-ring (bicyclic) bond motifs is 5. The Bertz CT molecular complexity index is 2080. The van der Waals surface area contributed by atoms with Gasteiger partial charge in [-0.05, 0) is 86.3 Å². The van der Waals surface area contributed by atoms with Crippen LogP contribution in [0.5, 0.6) is 0 Å². The molecule has 9 heteroatoms. The third-order valence-electron chi connectivity index (χ3n) is 8.81. The largest absolute Gasteiger partial charge is 0.510 e. The van der Waals surface area contributed by atoms with Crippen molar-refractivity contribution < 1.29 is 24.5 Å². The first kappa shape index (κ1) is 28.8. The van der Waals surface area contributed by atoms with Gasteiger partial charge in [-0.25, -0.2) is 19.8 Å². The zero-order valence-electron chi connectivity index (χ0n) is 25.4. The SMILES string of the molecule is C=Cc1c(C)c2[nH]c1=CC1=NC(=CC3=C(C)C4=C(O)C(C(=O)OC)C(=C5N=C(C=2)C(C)=C5/C=C/C(=O)O)C4=N3)C(CC)=C1C. The third-order valence-corrected chi connectivity index (χ3v) is 8.81. The molecule has 5 heterocycles. The van der Waals surface area contributed by atoms with E-state index in [9.17, 15) is 19.8 Å². The molecule has 6 rings (SSSR count). The van der Waals surface area contributed by atoms with Crippen molar-refractivity contribution in [1.29, 1.82) is 0 Å². The van der Waals surface area contributed by atoms with Crippen molar-refractivity contribution in [2.75, 3.05) is 7.11 Å². The van der Waals surface area contributed by atoms with Crippen molar-refractivity contribution in [2.45, 2.75) is 41.0 Å². The minimum Gasteiger partial charge on any atom is -0.510 e. The van der Waals surface area contributed by atoms with E-state index in [1.807, 2.05) is 39.0 Å². The van der Waals surface area contributed by atoms with Gasteiger partial charge in [0.2, 0.25) is 0 Å². The fourth-order valence-corrected chi connectivity index (χ4v) is 6.42. The summed E-state index contributed by atoms with van der Waals surface area (Å²) in [6.07, 6.45) is 10.9. The summed E-state index contributed by atoms with van der Waals surface area (Å²) in [7, 11) is 1.26. The van der Waals surface area contributed by atoms with Crippen molar-refractivity contribution in [3.05, 3.63) is 108 Å². The second-order valence-electron chi connectivity index (χ2n) is 11.1. The maximum Gasteiger partial charge on any atom is 0.328 e. The first-order valence-electron chi connectivity index (χ1n) is 14.3. The maximum absolute atomic E-state index is 13.2. The third kappa shape index (κ3) is 4.18. The van der Waals surface area contributed by atoms with Crippen molar-refractivity contribution >= 4 is 47.3 Å². The van der Waals surface area contributed by atoms with Crippen molar-refractivity contribution in [1.82, 2.24) is 4.98 Å². The summed E-state index contributed by atoms with van der Waals surface area (Å²) in [5.41, 5.74) is 10.3. The molecular formula is C35H32N4O5. The van der Waals surface area contributed by atoms with Gasteiger partial charge in [0, 0.05) is 39.1 Å². The molecule has 0 saturated carbocycles. The molecule has 0 saturated heterocycles. The molecule has 1 atom stereocenters. The molecule has 0 radical (unpaired) electrons. The molecule has 0 fully saturated rings. The number of esters is 1. The number of allylic oxidation sites excluding steroid dienone is 7. The molecule has 0 amide bonds. The van der Waals surface area contributed by atoms with Crippen LogP contribution in [0.2, 0.25) is 0 Å². The molecule has 5 aliphatic rings. The van der Waals surface area contributed by atoms with Crippen LogP contribution < -0.4 is 10.7 Å². The number of ether oxygens (including phenoxy) is 1. The van der Waals surface area contributed by atoms with Gasteiger partial charge in [-0.15, -0.1) is 0 Å².